The van der Waals surface area contributed by atoms with Crippen LogP contribution in [0.25, 0.3) is 0 Å². The molecule has 0 saturated heterocycles. The molecule has 0 aliphatic carbocycles. The third-order valence-corrected chi connectivity index (χ3v) is 2.44. The molecular formula is C12H29N5O3. The number of nitrogens with one attached hydrogen (secondary N) is 1. The summed E-state index contributed by atoms with van der Waals surface area (Å²) < 4.78 is 4.39. The summed E-state index contributed by atoms with van der Waals surface area (Å²) in [6.07, 6.45) is 6.58. The van der Waals surface area contributed by atoms with Crippen LogP contribution >= 0.6 is 0 Å². The van der Waals surface area contributed by atoms with E-state index in [0.29, 0.717) is 6.42 Å². The molecular weight excluding hydrogens is 262 g/mol. The maximum Gasteiger partial charge on any atom is 0.507 e. The van der Waals surface area contributed by atoms with Gasteiger partial charge in [0.1, 0.15) is 0 Å². The van der Waals surface area contributed by atoms with Gasteiger partial charge < -0.3 is 27.0 Å². The molecule has 0 aromatic carbocycles. The minimum atomic E-state index is -1.30. The average molecular weight is 291 g/mol. The van der Waals surface area contributed by atoms with Gasteiger partial charge in [0.05, 0.1) is 0 Å². The molecule has 0 aromatic heterocycles. The van der Waals surface area contributed by atoms with Gasteiger partial charge >= 0.3 is 6.16 Å². The van der Waals surface area contributed by atoms with E-state index in [-0.39, 0.29) is 5.96 Å². The lowest BCUT2D eigenvalue weighted by Crippen LogP contribution is -2.26. The smallest absolute Gasteiger partial charge is 0.450 e. The zero-order valence-electron chi connectivity index (χ0n) is 12.0. The van der Waals surface area contributed by atoms with Gasteiger partial charge in [0.25, 0.3) is 0 Å². The van der Waals surface area contributed by atoms with Crippen LogP contribution in [0.5, 0.6) is 0 Å². The van der Waals surface area contributed by atoms with Crippen LogP contribution in [-0.2, 0) is 4.74 Å². The second kappa shape index (κ2) is 15.5. The molecule has 0 saturated carbocycles. The Labute approximate surface area is 120 Å². The number of hydrogen-bond donors (Lipinski definition) is 6. The summed E-state index contributed by atoms with van der Waals surface area (Å²) in [4.78, 5) is 10.1. The zero-order valence-corrected chi connectivity index (χ0v) is 12.0. The minimum Gasteiger partial charge on any atom is -0.450 e. The van der Waals surface area contributed by atoms with Crippen molar-refractivity contribution in [2.75, 3.05) is 6.54 Å². The number of guanidine groups is 1. The molecule has 0 aliphatic heterocycles. The summed E-state index contributed by atoms with van der Waals surface area (Å²) in [5.41, 5.74) is 19.8. The van der Waals surface area contributed by atoms with E-state index in [9.17, 15) is 4.79 Å². The summed E-state index contributed by atoms with van der Waals surface area (Å²) >= 11 is 0. The summed E-state index contributed by atoms with van der Waals surface area (Å²) in [7, 11) is 0. The molecule has 0 aromatic rings. The van der Waals surface area contributed by atoms with Crippen molar-refractivity contribution in [3.8, 4) is 0 Å². The van der Waals surface area contributed by atoms with Gasteiger partial charge in [-0.3, -0.25) is 11.1 Å². The van der Waals surface area contributed by atoms with Gasteiger partial charge in [-0.15, -0.1) is 0 Å². The van der Waals surface area contributed by atoms with Gasteiger partial charge in [-0.25, -0.2) is 4.79 Å². The fourth-order valence-corrected chi connectivity index (χ4v) is 1.56. The fraction of sp³-hybridized carbons (Fsp3) is 0.833. The summed E-state index contributed by atoms with van der Waals surface area (Å²) in [6, 6.07) is 0. The van der Waals surface area contributed by atoms with E-state index >= 15 is 0 Å². The van der Waals surface area contributed by atoms with Gasteiger partial charge in [0.2, 0.25) is 0 Å². The average Bonchev–Trinajstić information content (AvgIpc) is 2.31. The van der Waals surface area contributed by atoms with Crippen molar-refractivity contribution in [1.29, 1.82) is 5.41 Å². The van der Waals surface area contributed by atoms with Crippen molar-refractivity contribution < 1.29 is 14.6 Å². The molecule has 1 atom stereocenters. The summed E-state index contributed by atoms with van der Waals surface area (Å²) in [6.45, 7) is 0.779. The van der Waals surface area contributed by atoms with Gasteiger partial charge in [0.15, 0.2) is 12.2 Å². The number of hydrogen-bond acceptors (Lipinski definition) is 5. The Morgan fingerprint density at radius 1 is 1.05 bits per heavy atom. The molecule has 0 rings (SSSR count). The summed E-state index contributed by atoms with van der Waals surface area (Å²) in [5, 5.41) is 14.4. The Kier molecular flexibility index (Phi) is 16.1. The number of nitrogens with two attached hydrogens (primary N) is 4. The molecule has 20 heavy (non-hydrogen) atoms. The predicted molar refractivity (Wildman–Crippen MR) is 79.2 cm³/mol. The maximum atomic E-state index is 10.1. The normalized spacial score (nSPS) is 11.1. The maximum absolute atomic E-state index is 10.1. The quantitative estimate of drug-likeness (QED) is 0.114. The van der Waals surface area contributed by atoms with E-state index in [1.165, 1.54) is 25.7 Å². The Morgan fingerprint density at radius 3 is 1.85 bits per heavy atom. The van der Waals surface area contributed by atoms with Crippen LogP contribution in [-0.4, -0.2) is 30.0 Å². The number of carboxylic acid groups (broad SMARTS) is 1. The van der Waals surface area contributed by atoms with Gasteiger partial charge in [-0.2, -0.15) is 0 Å². The van der Waals surface area contributed by atoms with Gasteiger partial charge in [-0.05, 0) is 25.8 Å². The first-order valence-corrected chi connectivity index (χ1v) is 6.84. The molecule has 0 radical (unpaired) electrons. The van der Waals surface area contributed by atoms with Crippen molar-refractivity contribution in [1.82, 2.24) is 0 Å². The molecule has 0 amide bonds. The van der Waals surface area contributed by atoms with Crippen LogP contribution in [0.15, 0.2) is 0 Å². The van der Waals surface area contributed by atoms with E-state index in [1.54, 1.807) is 0 Å². The first-order chi connectivity index (χ1) is 9.40. The molecule has 8 nitrogen and oxygen atoms in total. The van der Waals surface area contributed by atoms with Crippen molar-refractivity contribution >= 4 is 12.1 Å². The van der Waals surface area contributed by atoms with Crippen LogP contribution in [0, 0.1) is 5.41 Å². The Balaban J connectivity index is 0. The highest BCUT2D eigenvalue weighted by Crippen LogP contribution is 2.09. The van der Waals surface area contributed by atoms with Gasteiger partial charge in [0, 0.05) is 0 Å². The molecule has 0 bridgehead atoms. The predicted octanol–water partition coefficient (Wildman–Crippen LogP) is 0.884. The van der Waals surface area contributed by atoms with Crippen LogP contribution < -0.4 is 22.9 Å². The van der Waals surface area contributed by atoms with E-state index in [2.05, 4.69) is 16.2 Å². The SMILES string of the molecule is N=C(N)N.NCCCCCCCCCC(N)OC(=O)O. The molecule has 0 spiro atoms. The second-order valence-electron chi connectivity index (χ2n) is 4.43. The van der Waals surface area contributed by atoms with Crippen molar-refractivity contribution in [2.24, 2.45) is 22.9 Å². The van der Waals surface area contributed by atoms with Gasteiger partial charge in [-0.1, -0.05) is 32.1 Å². The number of ether oxygens (including phenoxy) is 1. The second-order valence-corrected chi connectivity index (χ2v) is 4.43. The van der Waals surface area contributed by atoms with Crippen LogP contribution in [0.3, 0.4) is 0 Å². The molecule has 120 valence electrons. The Hall–Kier alpha value is -1.54. The molecule has 1 unspecified atom stereocenters. The van der Waals surface area contributed by atoms with Crippen LogP contribution in [0.4, 0.5) is 4.79 Å². The highest BCUT2D eigenvalue weighted by Gasteiger charge is 2.06. The molecule has 0 fully saturated rings. The minimum absolute atomic E-state index is 0.333. The highest BCUT2D eigenvalue weighted by molar-refractivity contribution is 5.71. The first-order valence-electron chi connectivity index (χ1n) is 6.84. The third-order valence-electron chi connectivity index (χ3n) is 2.44. The van der Waals surface area contributed by atoms with E-state index in [1.807, 2.05) is 0 Å². The molecule has 0 aliphatic rings. The fourth-order valence-electron chi connectivity index (χ4n) is 1.56. The lowest BCUT2D eigenvalue weighted by molar-refractivity contribution is 0.0498. The topological polar surface area (TPSA) is 174 Å². The first kappa shape index (κ1) is 20.8. The molecule has 8 heteroatoms. The standard InChI is InChI=1S/C11H24N2O3.CH5N3/c12-9-7-5-3-1-2-4-6-8-10(13)16-11(14)15;2-1(3)4/h10H,1-9,12-13H2,(H,14,15);(H5,2,3,4). The van der Waals surface area contributed by atoms with E-state index in [4.69, 9.17) is 22.0 Å². The van der Waals surface area contributed by atoms with Crippen molar-refractivity contribution in [3.05, 3.63) is 0 Å². The number of rotatable bonds is 10. The van der Waals surface area contributed by atoms with E-state index < -0.39 is 12.4 Å². The highest BCUT2D eigenvalue weighted by atomic mass is 16.7. The zero-order chi connectivity index (χ0) is 15.8. The number of unbranched alkanes of at least 4 members (excludes halogenated alkanes) is 6. The summed E-state index contributed by atoms with van der Waals surface area (Å²) in [5.74, 6) is -0.333. The van der Waals surface area contributed by atoms with Crippen molar-refractivity contribution in [3.63, 3.8) is 0 Å². The molecule has 10 N–H and O–H groups in total. The van der Waals surface area contributed by atoms with Crippen LogP contribution in [0.1, 0.15) is 51.4 Å². The van der Waals surface area contributed by atoms with E-state index in [0.717, 1.165) is 25.8 Å². The number of carbonyl (C=O) groups is 1. The largest absolute Gasteiger partial charge is 0.507 e. The Morgan fingerprint density at radius 2 is 1.45 bits per heavy atom. The third kappa shape index (κ3) is 25.3. The monoisotopic (exact) mass is 291 g/mol. The van der Waals surface area contributed by atoms with Crippen molar-refractivity contribution in [2.45, 2.75) is 57.6 Å². The lowest BCUT2D eigenvalue weighted by atomic mass is 10.1. The molecule has 0 heterocycles. The lowest BCUT2D eigenvalue weighted by Gasteiger charge is -2.09. The van der Waals surface area contributed by atoms with Crippen LogP contribution in [0.2, 0.25) is 0 Å². The Bertz CT molecular complexity index is 247.